The highest BCUT2D eigenvalue weighted by Crippen LogP contribution is 2.22. The lowest BCUT2D eigenvalue weighted by atomic mass is 10.2. The van der Waals surface area contributed by atoms with Crippen molar-refractivity contribution in [2.75, 3.05) is 0 Å². The number of nitrogens with zero attached hydrogens (tertiary/aromatic N) is 2. The minimum atomic E-state index is -0.120. The molecule has 1 atom stereocenters. The molecule has 0 fully saturated rings. The van der Waals surface area contributed by atoms with Crippen molar-refractivity contribution in [3.05, 3.63) is 28.5 Å². The number of halogens is 1. The summed E-state index contributed by atoms with van der Waals surface area (Å²) in [6.07, 6.45) is 5.96. The fraction of sp³-hybridized carbons (Fsp3) is 0.333. The number of nitrogens with one attached hydrogen (secondary N) is 1. The zero-order valence-electron chi connectivity index (χ0n) is 10.2. The van der Waals surface area contributed by atoms with Gasteiger partial charge < -0.3 is 5.32 Å². The summed E-state index contributed by atoms with van der Waals surface area (Å²) >= 11 is 7.52. The number of hydrogen-bond acceptors (Lipinski definition) is 3. The molecule has 0 aliphatic carbocycles. The standard InChI is InChI=1S/C12H14ClN3OS/c1-3-8(2)14-10(17)5-4-9-11(13)15-12-16(9)6-7-18-12/h4-8H,3H2,1-2H3,(H,14,17)/b5-4+/t8-/m0/s1. The Bertz CT molecular complexity index is 587. The Labute approximate surface area is 114 Å². The zero-order valence-corrected chi connectivity index (χ0v) is 11.8. The second-order valence-corrected chi connectivity index (χ2v) is 5.23. The van der Waals surface area contributed by atoms with Crippen LogP contribution in [-0.4, -0.2) is 21.3 Å². The first-order valence-electron chi connectivity index (χ1n) is 5.71. The van der Waals surface area contributed by atoms with Gasteiger partial charge in [-0.05, 0) is 19.4 Å². The van der Waals surface area contributed by atoms with Crippen LogP contribution in [0.25, 0.3) is 11.0 Å². The third kappa shape index (κ3) is 2.73. The Morgan fingerprint density at radius 3 is 3.22 bits per heavy atom. The van der Waals surface area contributed by atoms with Gasteiger partial charge in [-0.3, -0.25) is 9.20 Å². The summed E-state index contributed by atoms with van der Waals surface area (Å²) in [7, 11) is 0. The SMILES string of the molecule is CC[C@H](C)NC(=O)/C=C/c1c(Cl)nc2sccn12. The average molecular weight is 284 g/mol. The fourth-order valence-corrected chi connectivity index (χ4v) is 2.48. The molecule has 0 aliphatic rings. The second kappa shape index (κ2) is 5.54. The van der Waals surface area contributed by atoms with Gasteiger partial charge >= 0.3 is 0 Å². The van der Waals surface area contributed by atoms with Crippen LogP contribution in [0.4, 0.5) is 0 Å². The number of hydrogen-bond donors (Lipinski definition) is 1. The molecule has 2 aromatic rings. The van der Waals surface area contributed by atoms with Gasteiger partial charge in [-0.2, -0.15) is 0 Å². The number of aromatic nitrogens is 2. The van der Waals surface area contributed by atoms with E-state index < -0.39 is 0 Å². The predicted octanol–water partition coefficient (Wildman–Crippen LogP) is 2.98. The van der Waals surface area contributed by atoms with E-state index >= 15 is 0 Å². The van der Waals surface area contributed by atoms with Crippen molar-refractivity contribution in [1.29, 1.82) is 0 Å². The minimum absolute atomic E-state index is 0.120. The maximum atomic E-state index is 11.6. The van der Waals surface area contributed by atoms with Crippen LogP contribution in [0.3, 0.4) is 0 Å². The van der Waals surface area contributed by atoms with Gasteiger partial charge in [-0.15, -0.1) is 11.3 Å². The van der Waals surface area contributed by atoms with Crippen LogP contribution in [-0.2, 0) is 4.79 Å². The first-order chi connectivity index (χ1) is 8.61. The van der Waals surface area contributed by atoms with E-state index in [0.717, 1.165) is 17.1 Å². The molecule has 0 saturated heterocycles. The van der Waals surface area contributed by atoms with Crippen molar-refractivity contribution in [3.63, 3.8) is 0 Å². The van der Waals surface area contributed by atoms with Crippen LogP contribution in [0.2, 0.25) is 5.15 Å². The van der Waals surface area contributed by atoms with Crippen LogP contribution in [0.15, 0.2) is 17.7 Å². The molecule has 18 heavy (non-hydrogen) atoms. The summed E-state index contributed by atoms with van der Waals surface area (Å²) in [6.45, 7) is 3.99. The van der Waals surface area contributed by atoms with E-state index in [2.05, 4.69) is 10.3 Å². The number of imidazole rings is 1. The molecule has 0 bridgehead atoms. The summed E-state index contributed by atoms with van der Waals surface area (Å²) in [5.74, 6) is -0.120. The Hall–Kier alpha value is -1.33. The lowest BCUT2D eigenvalue weighted by Gasteiger charge is -2.08. The number of carbonyl (C=O) groups excluding carboxylic acids is 1. The molecule has 0 unspecified atom stereocenters. The molecule has 1 amide bonds. The maximum absolute atomic E-state index is 11.6. The van der Waals surface area contributed by atoms with Gasteiger partial charge in [0.1, 0.15) is 0 Å². The Morgan fingerprint density at radius 2 is 2.50 bits per heavy atom. The third-order valence-electron chi connectivity index (χ3n) is 2.65. The molecule has 0 spiro atoms. The van der Waals surface area contributed by atoms with E-state index in [1.54, 1.807) is 6.08 Å². The van der Waals surface area contributed by atoms with E-state index in [9.17, 15) is 4.79 Å². The van der Waals surface area contributed by atoms with Crippen molar-refractivity contribution in [3.8, 4) is 0 Å². The molecular weight excluding hydrogens is 270 g/mol. The van der Waals surface area contributed by atoms with Crippen LogP contribution in [0.5, 0.6) is 0 Å². The van der Waals surface area contributed by atoms with E-state index in [1.165, 1.54) is 17.4 Å². The lowest BCUT2D eigenvalue weighted by molar-refractivity contribution is -0.117. The summed E-state index contributed by atoms with van der Waals surface area (Å²) in [4.78, 5) is 16.6. The number of thiazole rings is 1. The average Bonchev–Trinajstić information content (AvgIpc) is 2.87. The minimum Gasteiger partial charge on any atom is -0.350 e. The maximum Gasteiger partial charge on any atom is 0.244 e. The molecule has 0 radical (unpaired) electrons. The van der Waals surface area contributed by atoms with Crippen molar-refractivity contribution in [2.24, 2.45) is 0 Å². The molecule has 6 heteroatoms. The largest absolute Gasteiger partial charge is 0.350 e. The summed E-state index contributed by atoms with van der Waals surface area (Å²) < 4.78 is 1.86. The summed E-state index contributed by atoms with van der Waals surface area (Å²) in [5.41, 5.74) is 0.729. The van der Waals surface area contributed by atoms with Crippen LogP contribution >= 0.6 is 22.9 Å². The summed E-state index contributed by atoms with van der Waals surface area (Å²) in [6, 6.07) is 0.171. The number of fused-ring (bicyclic) bond motifs is 1. The highest BCUT2D eigenvalue weighted by molar-refractivity contribution is 7.15. The topological polar surface area (TPSA) is 46.4 Å². The Kier molecular flexibility index (Phi) is 4.04. The monoisotopic (exact) mass is 283 g/mol. The predicted molar refractivity (Wildman–Crippen MR) is 75.0 cm³/mol. The quantitative estimate of drug-likeness (QED) is 0.877. The molecule has 4 nitrogen and oxygen atoms in total. The third-order valence-corrected chi connectivity index (χ3v) is 3.68. The van der Waals surface area contributed by atoms with E-state index in [4.69, 9.17) is 11.6 Å². The molecule has 2 rings (SSSR count). The van der Waals surface area contributed by atoms with E-state index in [0.29, 0.717) is 5.15 Å². The highest BCUT2D eigenvalue weighted by atomic mass is 35.5. The summed E-state index contributed by atoms with van der Waals surface area (Å²) in [5, 5.41) is 5.19. The van der Waals surface area contributed by atoms with Gasteiger partial charge in [-0.25, -0.2) is 4.98 Å². The zero-order chi connectivity index (χ0) is 13.1. The molecule has 2 aromatic heterocycles. The molecule has 0 aliphatic heterocycles. The molecule has 1 N–H and O–H groups in total. The van der Waals surface area contributed by atoms with Crippen molar-refractivity contribution < 1.29 is 4.79 Å². The van der Waals surface area contributed by atoms with Crippen LogP contribution < -0.4 is 5.32 Å². The molecule has 0 saturated carbocycles. The lowest BCUT2D eigenvalue weighted by Crippen LogP contribution is -2.30. The van der Waals surface area contributed by atoms with Gasteiger partial charge in [0.15, 0.2) is 10.1 Å². The van der Waals surface area contributed by atoms with Crippen LogP contribution in [0.1, 0.15) is 26.0 Å². The van der Waals surface area contributed by atoms with Crippen LogP contribution in [0, 0.1) is 0 Å². The Morgan fingerprint density at radius 1 is 1.72 bits per heavy atom. The Balaban J connectivity index is 2.15. The van der Waals surface area contributed by atoms with Gasteiger partial charge in [0.2, 0.25) is 5.91 Å². The first-order valence-corrected chi connectivity index (χ1v) is 6.97. The van der Waals surface area contributed by atoms with Crippen molar-refractivity contribution in [2.45, 2.75) is 26.3 Å². The smallest absolute Gasteiger partial charge is 0.244 e. The normalized spacial score (nSPS) is 13.3. The second-order valence-electron chi connectivity index (χ2n) is 3.99. The van der Waals surface area contributed by atoms with E-state index in [-0.39, 0.29) is 11.9 Å². The molecular formula is C12H14ClN3OS. The van der Waals surface area contributed by atoms with Gasteiger partial charge in [-0.1, -0.05) is 18.5 Å². The van der Waals surface area contributed by atoms with Gasteiger partial charge in [0.05, 0.1) is 5.69 Å². The highest BCUT2D eigenvalue weighted by Gasteiger charge is 2.09. The molecule has 0 aromatic carbocycles. The van der Waals surface area contributed by atoms with Gasteiger partial charge in [0, 0.05) is 23.7 Å². The molecule has 96 valence electrons. The fourth-order valence-electron chi connectivity index (χ4n) is 1.47. The van der Waals surface area contributed by atoms with Crippen molar-refractivity contribution >= 4 is 39.9 Å². The molecule has 2 heterocycles. The first kappa shape index (κ1) is 13.1. The van der Waals surface area contributed by atoms with Crippen molar-refractivity contribution in [1.82, 2.24) is 14.7 Å². The van der Waals surface area contributed by atoms with Gasteiger partial charge in [0.25, 0.3) is 0 Å². The number of rotatable bonds is 4. The number of carbonyl (C=O) groups is 1. The number of amides is 1. The van der Waals surface area contributed by atoms with E-state index in [1.807, 2.05) is 29.8 Å².